The first-order chi connectivity index (χ1) is 19.9. The van der Waals surface area contributed by atoms with Crippen LogP contribution in [-0.4, -0.2) is 120 Å². The molecule has 16 nitrogen and oxygen atoms in total. The summed E-state index contributed by atoms with van der Waals surface area (Å²) < 4.78 is 28.1. The lowest BCUT2D eigenvalue weighted by atomic mass is 9.99. The number of rotatable bonds is 7. The van der Waals surface area contributed by atoms with Crippen molar-refractivity contribution < 1.29 is 74.4 Å². The van der Waals surface area contributed by atoms with Crippen LogP contribution in [0.3, 0.4) is 0 Å². The highest BCUT2D eigenvalue weighted by Crippen LogP contribution is 2.40. The highest BCUT2D eigenvalue weighted by molar-refractivity contribution is 5.88. The van der Waals surface area contributed by atoms with E-state index in [1.807, 2.05) is 0 Å². The Morgan fingerprint density at radius 1 is 0.738 bits per heavy atom. The molecule has 3 heterocycles. The van der Waals surface area contributed by atoms with Crippen molar-refractivity contribution in [2.75, 3.05) is 13.2 Å². The highest BCUT2D eigenvalue weighted by Gasteiger charge is 2.51. The van der Waals surface area contributed by atoms with Gasteiger partial charge in [-0.25, -0.2) is 0 Å². The second-order valence-electron chi connectivity index (χ2n) is 9.76. The smallest absolute Gasteiger partial charge is 0.239 e. The van der Waals surface area contributed by atoms with Crippen LogP contribution < -0.4 is 10.2 Å². The summed E-state index contributed by atoms with van der Waals surface area (Å²) in [5.74, 6) is -3.39. The number of phenolic OH excluding ortho intramolecular Hbond substituents is 4. The van der Waals surface area contributed by atoms with Crippen molar-refractivity contribution in [2.45, 2.75) is 55.3 Å². The average Bonchev–Trinajstić information content (AvgIpc) is 3.22. The van der Waals surface area contributed by atoms with E-state index in [9.17, 15) is 55.9 Å². The van der Waals surface area contributed by atoms with Gasteiger partial charge in [0.25, 0.3) is 0 Å². The molecule has 10 N–H and O–H groups in total. The van der Waals surface area contributed by atoms with Crippen LogP contribution in [0.2, 0.25) is 0 Å². The van der Waals surface area contributed by atoms with Gasteiger partial charge in [0.2, 0.25) is 17.5 Å². The molecule has 0 radical (unpaired) electrons. The van der Waals surface area contributed by atoms with Gasteiger partial charge in [0.15, 0.2) is 29.7 Å². The molecule has 0 amide bonds. The molecule has 0 spiro atoms. The number of aliphatic hydroxyl groups is 6. The van der Waals surface area contributed by atoms with E-state index < -0.39 is 114 Å². The third-order valence-corrected chi connectivity index (χ3v) is 7.00. The van der Waals surface area contributed by atoms with Crippen molar-refractivity contribution in [3.05, 3.63) is 40.6 Å². The average molecular weight is 596 g/mol. The Labute approximate surface area is 235 Å². The molecular weight excluding hydrogens is 568 g/mol. The molecule has 9 unspecified atom stereocenters. The van der Waals surface area contributed by atoms with Gasteiger partial charge in [-0.2, -0.15) is 0 Å². The molecule has 9 atom stereocenters. The van der Waals surface area contributed by atoms with Crippen LogP contribution >= 0.6 is 0 Å². The van der Waals surface area contributed by atoms with E-state index in [0.717, 1.165) is 24.3 Å². The third kappa shape index (κ3) is 5.19. The van der Waals surface area contributed by atoms with Crippen LogP contribution in [0, 0.1) is 0 Å². The number of hydrogen-bond donors (Lipinski definition) is 10. The zero-order chi connectivity index (χ0) is 30.5. The third-order valence-electron chi connectivity index (χ3n) is 7.00. The molecule has 2 saturated heterocycles. The van der Waals surface area contributed by atoms with E-state index in [4.69, 9.17) is 23.4 Å². The predicted molar refractivity (Wildman–Crippen MR) is 136 cm³/mol. The fourth-order valence-corrected chi connectivity index (χ4v) is 4.77. The standard InChI is InChI=1S/C26H28O16/c27-6-14-17(33)20(36)24(42-25-21(37)18(34)15(7-28)39-25)26(40-14)41-23-19(35)16-12(32)4-9(29)5-13(16)38-22(23)8-1-2-10(30)11(31)3-8/h1-5,14-15,17-18,20-21,24-34,36-37H,6-7H2. The Morgan fingerprint density at radius 3 is 2.02 bits per heavy atom. The van der Waals surface area contributed by atoms with Gasteiger partial charge in [-0.15, -0.1) is 0 Å². The Hall–Kier alpha value is -3.71. The maximum Gasteiger partial charge on any atom is 0.239 e. The molecule has 5 rings (SSSR count). The van der Waals surface area contributed by atoms with Gasteiger partial charge in [-0.05, 0) is 18.2 Å². The number of benzene rings is 2. The quantitative estimate of drug-likeness (QED) is 0.131. The van der Waals surface area contributed by atoms with Gasteiger partial charge in [0.05, 0.1) is 13.2 Å². The van der Waals surface area contributed by atoms with Crippen molar-refractivity contribution in [3.63, 3.8) is 0 Å². The number of hydrogen-bond acceptors (Lipinski definition) is 16. The molecule has 42 heavy (non-hydrogen) atoms. The van der Waals surface area contributed by atoms with E-state index in [1.54, 1.807) is 0 Å². The topological polar surface area (TPSA) is 269 Å². The first-order valence-corrected chi connectivity index (χ1v) is 12.6. The minimum atomic E-state index is -1.90. The summed E-state index contributed by atoms with van der Waals surface area (Å²) in [5, 5.41) is 101. The molecule has 0 aliphatic carbocycles. The lowest BCUT2D eigenvalue weighted by Gasteiger charge is -2.42. The van der Waals surface area contributed by atoms with E-state index >= 15 is 0 Å². The van der Waals surface area contributed by atoms with Crippen LogP contribution in [0.5, 0.6) is 28.7 Å². The first-order valence-electron chi connectivity index (χ1n) is 12.6. The monoisotopic (exact) mass is 596 g/mol. The fraction of sp³-hybridized carbons (Fsp3) is 0.423. The minimum absolute atomic E-state index is 0.0434. The molecule has 2 aliphatic rings. The Bertz CT molecular complexity index is 1510. The van der Waals surface area contributed by atoms with Crippen LogP contribution in [0.25, 0.3) is 22.3 Å². The molecule has 0 saturated carbocycles. The fourth-order valence-electron chi connectivity index (χ4n) is 4.77. The zero-order valence-electron chi connectivity index (χ0n) is 21.4. The molecule has 1 aromatic heterocycles. The van der Waals surface area contributed by atoms with Gasteiger partial charge >= 0.3 is 0 Å². The maximum absolute atomic E-state index is 13.7. The van der Waals surface area contributed by atoms with Gasteiger partial charge in [-0.3, -0.25) is 4.79 Å². The summed E-state index contributed by atoms with van der Waals surface area (Å²) in [6, 6.07) is 5.21. The molecule has 228 valence electrons. The molecule has 2 fully saturated rings. The predicted octanol–water partition coefficient (Wildman–Crippen LogP) is -2.08. The second-order valence-corrected chi connectivity index (χ2v) is 9.76. The minimum Gasteiger partial charge on any atom is -0.508 e. The Morgan fingerprint density at radius 2 is 1.38 bits per heavy atom. The number of aromatic hydroxyl groups is 4. The SMILES string of the molecule is O=c1c(OC2OC(CO)C(O)C(O)C2OC2OC(CO)C(O)C2O)c(-c2ccc(O)c(O)c2)oc2cc(O)cc(O)c12. The van der Waals surface area contributed by atoms with E-state index in [1.165, 1.54) is 6.07 Å². The summed E-state index contributed by atoms with van der Waals surface area (Å²) in [6.45, 7) is -1.53. The summed E-state index contributed by atoms with van der Waals surface area (Å²) in [4.78, 5) is 13.7. The number of aliphatic hydroxyl groups excluding tert-OH is 6. The summed E-state index contributed by atoms with van der Waals surface area (Å²) in [5.41, 5.74) is -1.38. The largest absolute Gasteiger partial charge is 0.508 e. The van der Waals surface area contributed by atoms with Gasteiger partial charge in [0.1, 0.15) is 59.1 Å². The van der Waals surface area contributed by atoms with Crippen molar-refractivity contribution >= 4 is 11.0 Å². The number of fused-ring (bicyclic) bond motifs is 1. The first kappa shape index (κ1) is 29.8. The summed E-state index contributed by atoms with van der Waals surface area (Å²) in [6.07, 6.45) is -15.1. The van der Waals surface area contributed by atoms with Crippen molar-refractivity contribution in [3.8, 4) is 40.1 Å². The maximum atomic E-state index is 13.7. The molecule has 16 heteroatoms. The number of phenols is 4. The van der Waals surface area contributed by atoms with Crippen LogP contribution in [0.15, 0.2) is 39.5 Å². The molecule has 0 bridgehead atoms. The van der Waals surface area contributed by atoms with Crippen LogP contribution in [0.4, 0.5) is 0 Å². The lowest BCUT2D eigenvalue weighted by molar-refractivity contribution is -0.320. The Kier molecular flexibility index (Phi) is 8.17. The second kappa shape index (κ2) is 11.5. The van der Waals surface area contributed by atoms with E-state index in [2.05, 4.69) is 0 Å². The summed E-state index contributed by atoms with van der Waals surface area (Å²) >= 11 is 0. The van der Waals surface area contributed by atoms with Crippen molar-refractivity contribution in [1.29, 1.82) is 0 Å². The lowest BCUT2D eigenvalue weighted by Crippen LogP contribution is -2.62. The van der Waals surface area contributed by atoms with Crippen molar-refractivity contribution in [1.82, 2.24) is 0 Å². The van der Waals surface area contributed by atoms with Crippen LogP contribution in [-0.2, 0) is 14.2 Å². The molecular formula is C26H28O16. The van der Waals surface area contributed by atoms with Gasteiger partial charge in [-0.1, -0.05) is 0 Å². The molecule has 2 aliphatic heterocycles. The normalized spacial score (nSPS) is 31.4. The molecule has 2 aromatic carbocycles. The Balaban J connectivity index is 1.62. The van der Waals surface area contributed by atoms with Crippen molar-refractivity contribution in [2.24, 2.45) is 0 Å². The van der Waals surface area contributed by atoms with Crippen LogP contribution in [0.1, 0.15) is 0 Å². The number of ether oxygens (including phenoxy) is 4. The van der Waals surface area contributed by atoms with Gasteiger partial charge < -0.3 is 74.4 Å². The zero-order valence-corrected chi connectivity index (χ0v) is 21.4. The van der Waals surface area contributed by atoms with E-state index in [-0.39, 0.29) is 11.1 Å². The van der Waals surface area contributed by atoms with Gasteiger partial charge in [0, 0.05) is 17.7 Å². The van der Waals surface area contributed by atoms with E-state index in [0.29, 0.717) is 0 Å². The summed E-state index contributed by atoms with van der Waals surface area (Å²) in [7, 11) is 0. The molecule has 3 aromatic rings. The highest BCUT2D eigenvalue weighted by atomic mass is 16.8.